The van der Waals surface area contributed by atoms with E-state index in [1.54, 1.807) is 31.4 Å². The number of thiophene rings is 1. The van der Waals surface area contributed by atoms with Gasteiger partial charge in [-0.25, -0.2) is 0 Å². The normalized spacial score (nSPS) is 13.5. The van der Waals surface area contributed by atoms with Crippen molar-refractivity contribution < 1.29 is 19.1 Å². The highest BCUT2D eigenvalue weighted by Crippen LogP contribution is 2.37. The van der Waals surface area contributed by atoms with Crippen LogP contribution in [0.4, 0.5) is 11.4 Å². The molecule has 0 saturated carbocycles. The van der Waals surface area contributed by atoms with E-state index in [1.165, 1.54) is 28.0 Å². The van der Waals surface area contributed by atoms with Crippen LogP contribution in [-0.2, 0) is 14.3 Å². The zero-order valence-corrected chi connectivity index (χ0v) is 21.9. The predicted octanol–water partition coefficient (Wildman–Crippen LogP) is 5.44. The summed E-state index contributed by atoms with van der Waals surface area (Å²) < 4.78 is 5.10. The van der Waals surface area contributed by atoms with Crippen molar-refractivity contribution in [3.8, 4) is 0 Å². The monoisotopic (exact) mass is 521 g/mol. The van der Waals surface area contributed by atoms with Gasteiger partial charge in [-0.3, -0.25) is 19.3 Å². The Morgan fingerprint density at radius 1 is 1.00 bits per heavy atom. The minimum atomic E-state index is -0.362. The van der Waals surface area contributed by atoms with Gasteiger partial charge in [0.2, 0.25) is 0 Å². The van der Waals surface area contributed by atoms with E-state index in [-0.39, 0.29) is 30.0 Å². The van der Waals surface area contributed by atoms with Crippen molar-refractivity contribution in [3.05, 3.63) is 86.6 Å². The summed E-state index contributed by atoms with van der Waals surface area (Å²) >= 11 is 2.57. The molecule has 0 bridgehead atoms. The van der Waals surface area contributed by atoms with Crippen molar-refractivity contribution in [1.29, 1.82) is 0 Å². The molecule has 7 nitrogen and oxygen atoms in total. The fourth-order valence-corrected chi connectivity index (χ4v) is 5.27. The molecule has 0 unspecified atom stereocenters. The summed E-state index contributed by atoms with van der Waals surface area (Å²) in [5.74, 6) is -0.903. The molecular formula is C27H27N3O4S2. The summed E-state index contributed by atoms with van der Waals surface area (Å²) in [6.45, 7) is 4.74. The Labute approximate surface area is 218 Å². The molecule has 0 aliphatic carbocycles. The van der Waals surface area contributed by atoms with Crippen LogP contribution in [0, 0.1) is 13.8 Å². The number of carbonyl (C=O) groups excluding carboxylic acids is 3. The van der Waals surface area contributed by atoms with Crippen molar-refractivity contribution in [1.82, 2.24) is 4.90 Å². The molecule has 1 aliphatic rings. The second-order valence-electron chi connectivity index (χ2n) is 8.30. The van der Waals surface area contributed by atoms with Gasteiger partial charge in [-0.05, 0) is 73.2 Å². The van der Waals surface area contributed by atoms with Gasteiger partial charge in [0, 0.05) is 36.5 Å². The first kappa shape index (κ1) is 25.7. The number of hydrogen-bond acceptors (Lipinski definition) is 7. The van der Waals surface area contributed by atoms with Crippen molar-refractivity contribution >= 4 is 52.2 Å². The number of nitrogens with one attached hydrogen (secondary N) is 2. The maximum Gasteiger partial charge on any atom is 0.278 e. The van der Waals surface area contributed by atoms with E-state index >= 15 is 0 Å². The van der Waals surface area contributed by atoms with E-state index in [1.807, 2.05) is 49.6 Å². The third-order valence-electron chi connectivity index (χ3n) is 5.69. The maximum absolute atomic E-state index is 13.3. The van der Waals surface area contributed by atoms with Crippen LogP contribution in [0.5, 0.6) is 0 Å². The molecule has 0 spiro atoms. The van der Waals surface area contributed by atoms with Crippen LogP contribution < -0.4 is 10.6 Å². The van der Waals surface area contributed by atoms with E-state index in [4.69, 9.17) is 4.74 Å². The summed E-state index contributed by atoms with van der Waals surface area (Å²) in [6.07, 6.45) is 0.549. The molecule has 36 heavy (non-hydrogen) atoms. The maximum atomic E-state index is 13.3. The Balaban J connectivity index is 1.60. The Kier molecular flexibility index (Phi) is 8.25. The first-order chi connectivity index (χ1) is 17.4. The number of benzene rings is 2. The molecule has 2 heterocycles. The number of amides is 3. The number of imide groups is 1. The second-order valence-corrected chi connectivity index (χ2v) is 10.3. The Bertz CT molecular complexity index is 1320. The first-order valence-corrected chi connectivity index (χ1v) is 13.1. The summed E-state index contributed by atoms with van der Waals surface area (Å²) in [5.41, 5.74) is 3.82. The van der Waals surface area contributed by atoms with E-state index in [9.17, 15) is 14.4 Å². The quantitative estimate of drug-likeness (QED) is 0.273. The van der Waals surface area contributed by atoms with Gasteiger partial charge in [-0.15, -0.1) is 11.3 Å². The molecule has 1 aromatic heterocycles. The Hall–Kier alpha value is -3.40. The van der Waals surface area contributed by atoms with Gasteiger partial charge in [0.15, 0.2) is 0 Å². The van der Waals surface area contributed by atoms with Crippen LogP contribution in [0.1, 0.15) is 27.2 Å². The summed E-state index contributed by atoms with van der Waals surface area (Å²) in [4.78, 5) is 42.0. The molecule has 0 atom stereocenters. The Morgan fingerprint density at radius 2 is 1.83 bits per heavy atom. The average Bonchev–Trinajstić information content (AvgIpc) is 3.47. The minimum Gasteiger partial charge on any atom is -0.385 e. The number of thioether (sulfide) groups is 1. The zero-order valence-electron chi connectivity index (χ0n) is 20.3. The lowest BCUT2D eigenvalue weighted by molar-refractivity contribution is -0.137. The zero-order chi connectivity index (χ0) is 25.7. The van der Waals surface area contributed by atoms with Crippen LogP contribution in [-0.4, -0.2) is 42.9 Å². The highest BCUT2D eigenvalue weighted by Gasteiger charge is 2.38. The van der Waals surface area contributed by atoms with Crippen LogP contribution in [0.3, 0.4) is 0 Å². The number of nitrogens with zero attached hydrogens (tertiary/aromatic N) is 1. The van der Waals surface area contributed by atoms with Gasteiger partial charge in [-0.2, -0.15) is 0 Å². The average molecular weight is 522 g/mol. The molecule has 0 saturated heterocycles. The number of carbonyl (C=O) groups is 3. The molecule has 186 valence electrons. The van der Waals surface area contributed by atoms with Gasteiger partial charge in [0.25, 0.3) is 17.7 Å². The van der Waals surface area contributed by atoms with Crippen LogP contribution in [0.2, 0.25) is 0 Å². The van der Waals surface area contributed by atoms with Crippen molar-refractivity contribution in [2.75, 3.05) is 30.9 Å². The largest absolute Gasteiger partial charge is 0.385 e. The predicted molar refractivity (Wildman–Crippen MR) is 144 cm³/mol. The third-order valence-corrected chi connectivity index (χ3v) is 7.63. The smallest absolute Gasteiger partial charge is 0.278 e. The van der Waals surface area contributed by atoms with Crippen molar-refractivity contribution in [2.45, 2.75) is 25.2 Å². The van der Waals surface area contributed by atoms with Gasteiger partial charge >= 0.3 is 0 Å². The molecule has 1 aliphatic heterocycles. The van der Waals surface area contributed by atoms with Crippen molar-refractivity contribution in [2.24, 2.45) is 0 Å². The Morgan fingerprint density at radius 3 is 2.56 bits per heavy atom. The molecule has 3 amide bonds. The van der Waals surface area contributed by atoms with Crippen LogP contribution in [0.25, 0.3) is 0 Å². The summed E-state index contributed by atoms with van der Waals surface area (Å²) in [6, 6.07) is 16.6. The molecule has 9 heteroatoms. The van der Waals surface area contributed by atoms with Gasteiger partial charge in [0.05, 0.1) is 4.88 Å². The minimum absolute atomic E-state index is 0.195. The van der Waals surface area contributed by atoms with Gasteiger partial charge in [-0.1, -0.05) is 30.0 Å². The van der Waals surface area contributed by atoms with Gasteiger partial charge in [0.1, 0.15) is 10.6 Å². The number of ether oxygens (including phenoxy) is 1. The third kappa shape index (κ3) is 5.87. The molecule has 0 radical (unpaired) electrons. The molecule has 2 N–H and O–H groups in total. The van der Waals surface area contributed by atoms with Crippen molar-refractivity contribution in [3.63, 3.8) is 0 Å². The molecular weight excluding hydrogens is 494 g/mol. The topological polar surface area (TPSA) is 87.7 Å². The number of rotatable bonds is 10. The number of hydrogen-bond donors (Lipinski definition) is 2. The number of anilines is 2. The fourth-order valence-electron chi connectivity index (χ4n) is 3.65. The first-order valence-electron chi connectivity index (χ1n) is 11.4. The molecule has 0 fully saturated rings. The SMILES string of the molecule is COCCCN1C(=O)C(Nc2ccc(C)c(C)c2)=C(Sc2cccc(NC(=O)c3cccs3)c2)C1=O. The highest BCUT2D eigenvalue weighted by molar-refractivity contribution is 8.04. The highest BCUT2D eigenvalue weighted by atomic mass is 32.2. The fraction of sp³-hybridized carbons (Fsp3) is 0.222. The standard InChI is InChI=1S/C27H27N3O4S2/c1-17-10-11-20(15-18(17)2)28-23-24(27(33)30(26(23)32)12-6-13-34-3)36-21-8-4-7-19(16-21)29-25(31)22-9-5-14-35-22/h4-5,7-11,14-16,28H,6,12-13H2,1-3H3,(H,29,31). The molecule has 2 aromatic carbocycles. The number of aryl methyl sites for hydroxylation is 2. The van der Waals surface area contributed by atoms with Crippen LogP contribution >= 0.6 is 23.1 Å². The molecule has 4 rings (SSSR count). The van der Waals surface area contributed by atoms with E-state index < -0.39 is 0 Å². The lowest BCUT2D eigenvalue weighted by Gasteiger charge is -2.15. The molecule has 3 aromatic rings. The lowest BCUT2D eigenvalue weighted by Crippen LogP contribution is -2.33. The van der Waals surface area contributed by atoms with Crippen LogP contribution in [0.15, 0.2) is 75.5 Å². The van der Waals surface area contributed by atoms with E-state index in [0.717, 1.165) is 21.7 Å². The summed E-state index contributed by atoms with van der Waals surface area (Å²) in [5, 5.41) is 7.92. The summed E-state index contributed by atoms with van der Waals surface area (Å²) in [7, 11) is 1.59. The number of methoxy groups -OCH3 is 1. The van der Waals surface area contributed by atoms with E-state index in [2.05, 4.69) is 10.6 Å². The lowest BCUT2D eigenvalue weighted by atomic mass is 10.1. The van der Waals surface area contributed by atoms with E-state index in [0.29, 0.717) is 28.5 Å². The van der Waals surface area contributed by atoms with Gasteiger partial charge < -0.3 is 15.4 Å². The second kappa shape index (κ2) is 11.6.